The summed E-state index contributed by atoms with van der Waals surface area (Å²) in [4.78, 5) is 12.4. The summed E-state index contributed by atoms with van der Waals surface area (Å²) >= 11 is 14.2. The minimum atomic E-state index is -0.253. The average Bonchev–Trinajstić information content (AvgIpc) is 3.09. The number of nitrogens with zero attached hydrogens (tertiary/aromatic N) is 3. The third kappa shape index (κ3) is 3.83. The molecule has 1 amide bonds. The maximum Gasteiger partial charge on any atom is 0.274 e. The van der Waals surface area contributed by atoms with Crippen molar-refractivity contribution in [1.29, 1.82) is 0 Å². The fourth-order valence-corrected chi connectivity index (χ4v) is 3.42. The Balaban J connectivity index is 1.86. The highest BCUT2D eigenvalue weighted by Gasteiger charge is 2.18. The lowest BCUT2D eigenvalue weighted by atomic mass is 10.2. The summed E-state index contributed by atoms with van der Waals surface area (Å²) in [5.41, 5.74) is 3.57. The number of aromatic amines is 1. The molecular formula is C16H14Cl2IN5O. The Morgan fingerprint density at radius 3 is 2.76 bits per heavy atom. The van der Waals surface area contributed by atoms with Gasteiger partial charge in [-0.1, -0.05) is 29.3 Å². The van der Waals surface area contributed by atoms with Gasteiger partial charge in [-0.05, 0) is 54.1 Å². The number of amides is 1. The van der Waals surface area contributed by atoms with Crippen LogP contribution in [-0.4, -0.2) is 25.9 Å². The van der Waals surface area contributed by atoms with Crippen molar-refractivity contribution in [2.24, 2.45) is 0 Å². The molecule has 3 aromatic rings. The van der Waals surface area contributed by atoms with E-state index in [2.05, 4.69) is 43.2 Å². The van der Waals surface area contributed by atoms with Crippen LogP contribution in [-0.2, 0) is 6.54 Å². The molecule has 3 rings (SSSR count). The number of H-pyrrole nitrogens is 1. The molecule has 2 aromatic heterocycles. The Hall–Kier alpha value is -1.58. The minimum Gasteiger partial charge on any atom is -0.317 e. The van der Waals surface area contributed by atoms with E-state index in [4.69, 9.17) is 23.2 Å². The topological polar surface area (TPSA) is 75.6 Å². The van der Waals surface area contributed by atoms with E-state index in [1.54, 1.807) is 23.0 Å². The van der Waals surface area contributed by atoms with E-state index in [0.717, 1.165) is 20.5 Å². The van der Waals surface area contributed by atoms with Crippen LogP contribution in [0.1, 0.15) is 27.4 Å². The molecule has 9 heteroatoms. The Kier molecular flexibility index (Phi) is 5.35. The van der Waals surface area contributed by atoms with E-state index in [1.807, 2.05) is 19.9 Å². The fourth-order valence-electron chi connectivity index (χ4n) is 2.45. The summed E-state index contributed by atoms with van der Waals surface area (Å²) in [6.45, 7) is 4.23. The average molecular weight is 490 g/mol. The van der Waals surface area contributed by atoms with Gasteiger partial charge in [0.05, 0.1) is 33.4 Å². The second-order valence-corrected chi connectivity index (χ2v) is 7.49. The SMILES string of the molecule is Cc1nn(Cc2ccc(Cl)cc2Cl)c(C)c1NC(=O)c1[nH]ncc1I. The zero-order valence-electron chi connectivity index (χ0n) is 13.4. The van der Waals surface area contributed by atoms with E-state index in [9.17, 15) is 4.79 Å². The predicted molar refractivity (Wildman–Crippen MR) is 107 cm³/mol. The molecule has 0 aliphatic carbocycles. The van der Waals surface area contributed by atoms with Crippen LogP contribution in [0.2, 0.25) is 10.0 Å². The van der Waals surface area contributed by atoms with Crippen molar-refractivity contribution in [3.8, 4) is 0 Å². The first-order valence-electron chi connectivity index (χ1n) is 7.35. The smallest absolute Gasteiger partial charge is 0.274 e. The number of hydrogen-bond acceptors (Lipinski definition) is 3. The summed E-state index contributed by atoms with van der Waals surface area (Å²) in [5, 5.41) is 15.1. The normalized spacial score (nSPS) is 10.9. The van der Waals surface area contributed by atoms with Crippen LogP contribution in [0.5, 0.6) is 0 Å². The molecule has 6 nitrogen and oxygen atoms in total. The quantitative estimate of drug-likeness (QED) is 0.532. The van der Waals surface area contributed by atoms with Crippen molar-refractivity contribution in [1.82, 2.24) is 20.0 Å². The molecule has 0 spiro atoms. The fraction of sp³-hybridized carbons (Fsp3) is 0.188. The van der Waals surface area contributed by atoms with E-state index in [-0.39, 0.29) is 5.91 Å². The molecule has 2 heterocycles. The first-order chi connectivity index (χ1) is 11.9. The van der Waals surface area contributed by atoms with Crippen molar-refractivity contribution in [2.45, 2.75) is 20.4 Å². The van der Waals surface area contributed by atoms with Gasteiger partial charge in [-0.15, -0.1) is 0 Å². The van der Waals surface area contributed by atoms with E-state index in [1.165, 1.54) is 0 Å². The van der Waals surface area contributed by atoms with Crippen molar-refractivity contribution in [3.63, 3.8) is 0 Å². The number of aromatic nitrogens is 4. The molecule has 0 fully saturated rings. The number of carbonyl (C=O) groups excluding carboxylic acids is 1. The Labute approximate surface area is 168 Å². The van der Waals surface area contributed by atoms with E-state index < -0.39 is 0 Å². The van der Waals surface area contributed by atoms with Crippen molar-refractivity contribution in [3.05, 3.63) is 60.7 Å². The summed E-state index contributed by atoms with van der Waals surface area (Å²) in [6, 6.07) is 5.36. The Morgan fingerprint density at radius 1 is 1.36 bits per heavy atom. The van der Waals surface area contributed by atoms with Gasteiger partial charge in [-0.25, -0.2) is 0 Å². The number of aryl methyl sites for hydroxylation is 1. The molecular weight excluding hydrogens is 476 g/mol. The van der Waals surface area contributed by atoms with Crippen LogP contribution >= 0.6 is 45.8 Å². The molecule has 0 aliphatic rings. The lowest BCUT2D eigenvalue weighted by Crippen LogP contribution is -2.15. The first kappa shape index (κ1) is 18.2. The second kappa shape index (κ2) is 7.35. The highest BCUT2D eigenvalue weighted by Crippen LogP contribution is 2.25. The van der Waals surface area contributed by atoms with E-state index >= 15 is 0 Å². The molecule has 2 N–H and O–H groups in total. The Bertz CT molecular complexity index is 950. The maximum atomic E-state index is 12.4. The summed E-state index contributed by atoms with van der Waals surface area (Å²) in [6.07, 6.45) is 1.60. The van der Waals surface area contributed by atoms with Crippen LogP contribution in [0.15, 0.2) is 24.4 Å². The van der Waals surface area contributed by atoms with Gasteiger partial charge in [0.15, 0.2) is 0 Å². The third-order valence-electron chi connectivity index (χ3n) is 3.78. The molecule has 0 radical (unpaired) electrons. The standard InChI is InChI=1S/C16H14Cl2IN5O/c1-8-14(21-16(25)15-13(19)6-20-22-15)9(2)24(23-8)7-10-3-4-11(17)5-12(10)18/h3-6H,7H2,1-2H3,(H,20,22)(H,21,25). The maximum absolute atomic E-state index is 12.4. The molecule has 1 aromatic carbocycles. The predicted octanol–water partition coefficient (Wildman–Crippen LogP) is 4.44. The van der Waals surface area contributed by atoms with Gasteiger partial charge in [-0.3, -0.25) is 14.6 Å². The number of halogens is 3. The van der Waals surface area contributed by atoms with Gasteiger partial charge in [0, 0.05) is 10.0 Å². The van der Waals surface area contributed by atoms with Gasteiger partial charge < -0.3 is 5.32 Å². The van der Waals surface area contributed by atoms with Crippen LogP contribution in [0.25, 0.3) is 0 Å². The molecule has 0 unspecified atom stereocenters. The van der Waals surface area contributed by atoms with Gasteiger partial charge in [-0.2, -0.15) is 10.2 Å². The lowest BCUT2D eigenvalue weighted by Gasteiger charge is -2.08. The highest BCUT2D eigenvalue weighted by molar-refractivity contribution is 14.1. The van der Waals surface area contributed by atoms with Crippen LogP contribution in [0.3, 0.4) is 0 Å². The van der Waals surface area contributed by atoms with Crippen LogP contribution in [0.4, 0.5) is 5.69 Å². The van der Waals surface area contributed by atoms with Gasteiger partial charge in [0.25, 0.3) is 5.91 Å². The third-order valence-corrected chi connectivity index (χ3v) is 5.18. The number of benzene rings is 1. The van der Waals surface area contributed by atoms with Crippen molar-refractivity contribution in [2.75, 3.05) is 5.32 Å². The zero-order valence-corrected chi connectivity index (χ0v) is 17.1. The molecule has 0 saturated heterocycles. The highest BCUT2D eigenvalue weighted by atomic mass is 127. The summed E-state index contributed by atoms with van der Waals surface area (Å²) in [5.74, 6) is -0.253. The van der Waals surface area contributed by atoms with Gasteiger partial charge >= 0.3 is 0 Å². The monoisotopic (exact) mass is 489 g/mol. The largest absolute Gasteiger partial charge is 0.317 e. The van der Waals surface area contributed by atoms with Crippen molar-refractivity contribution >= 4 is 57.4 Å². The minimum absolute atomic E-state index is 0.253. The molecule has 0 bridgehead atoms. The van der Waals surface area contributed by atoms with Crippen LogP contribution in [0, 0.1) is 17.4 Å². The molecule has 0 saturated carbocycles. The van der Waals surface area contributed by atoms with Gasteiger partial charge in [0.1, 0.15) is 5.69 Å². The molecule has 0 atom stereocenters. The van der Waals surface area contributed by atoms with Gasteiger partial charge in [0.2, 0.25) is 0 Å². The summed E-state index contributed by atoms with van der Waals surface area (Å²) in [7, 11) is 0. The van der Waals surface area contributed by atoms with Crippen LogP contribution < -0.4 is 5.32 Å². The number of rotatable bonds is 4. The number of hydrogen-bond donors (Lipinski definition) is 2. The molecule has 130 valence electrons. The molecule has 25 heavy (non-hydrogen) atoms. The molecule has 0 aliphatic heterocycles. The Morgan fingerprint density at radius 2 is 2.12 bits per heavy atom. The first-order valence-corrected chi connectivity index (χ1v) is 9.18. The zero-order chi connectivity index (χ0) is 18.1. The second-order valence-electron chi connectivity index (χ2n) is 5.49. The number of carbonyl (C=O) groups is 1. The summed E-state index contributed by atoms with van der Waals surface area (Å²) < 4.78 is 2.56. The van der Waals surface area contributed by atoms with Crippen molar-refractivity contribution < 1.29 is 4.79 Å². The number of nitrogens with one attached hydrogen (secondary N) is 2. The van der Waals surface area contributed by atoms with E-state index in [0.29, 0.717) is 28.0 Å². The number of anilines is 1. The lowest BCUT2D eigenvalue weighted by molar-refractivity contribution is 0.102.